The third kappa shape index (κ3) is 4.66. The van der Waals surface area contributed by atoms with Gasteiger partial charge in [-0.25, -0.2) is 0 Å². The average Bonchev–Trinajstić information content (AvgIpc) is 2.23. The lowest BCUT2D eigenvalue weighted by molar-refractivity contribution is -0.116. The summed E-state index contributed by atoms with van der Waals surface area (Å²) in [5, 5.41) is 3.46. The zero-order valence-corrected chi connectivity index (χ0v) is 9.42. The lowest BCUT2D eigenvalue weighted by Crippen LogP contribution is -2.20. The summed E-state index contributed by atoms with van der Waals surface area (Å²) in [6.45, 7) is 2.49. The van der Waals surface area contributed by atoms with Crippen molar-refractivity contribution in [2.24, 2.45) is 0 Å². The molecule has 0 unspecified atom stereocenters. The van der Waals surface area contributed by atoms with Crippen molar-refractivity contribution in [2.75, 3.05) is 0 Å². The Kier molecular flexibility index (Phi) is 4.91. The van der Waals surface area contributed by atoms with E-state index in [4.69, 9.17) is 11.6 Å². The quantitative estimate of drug-likeness (QED) is 0.782. The van der Waals surface area contributed by atoms with Crippen molar-refractivity contribution in [3.63, 3.8) is 0 Å². The smallest absolute Gasteiger partial charge is 0.243 e. The molecule has 1 rings (SSSR count). The lowest BCUT2D eigenvalue weighted by atomic mass is 10.2. The highest BCUT2D eigenvalue weighted by molar-refractivity contribution is 6.30. The van der Waals surface area contributed by atoms with E-state index in [-0.39, 0.29) is 5.91 Å². The molecular weight excluding hydrogens is 210 g/mol. The van der Waals surface area contributed by atoms with E-state index in [9.17, 15) is 4.79 Å². The van der Waals surface area contributed by atoms with Crippen molar-refractivity contribution in [2.45, 2.75) is 19.9 Å². The van der Waals surface area contributed by atoms with Gasteiger partial charge in [-0.05, 0) is 30.2 Å². The Labute approximate surface area is 94.9 Å². The summed E-state index contributed by atoms with van der Waals surface area (Å²) in [7, 11) is 0. The van der Waals surface area contributed by atoms with Gasteiger partial charge in [0.15, 0.2) is 0 Å². The van der Waals surface area contributed by atoms with Crippen LogP contribution in [0.3, 0.4) is 0 Å². The molecule has 0 bridgehead atoms. The Morgan fingerprint density at radius 3 is 3.00 bits per heavy atom. The number of nitrogens with one attached hydrogen (secondary N) is 1. The molecule has 80 valence electrons. The fraction of sp³-hybridized carbons (Fsp3) is 0.250. The first kappa shape index (κ1) is 11.8. The predicted molar refractivity (Wildman–Crippen MR) is 62.7 cm³/mol. The van der Waals surface area contributed by atoms with E-state index in [1.807, 2.05) is 37.3 Å². The van der Waals surface area contributed by atoms with Gasteiger partial charge >= 0.3 is 0 Å². The Balaban J connectivity index is 2.43. The molecule has 1 aromatic rings. The largest absolute Gasteiger partial charge is 0.348 e. The van der Waals surface area contributed by atoms with Crippen molar-refractivity contribution < 1.29 is 4.79 Å². The van der Waals surface area contributed by atoms with Crippen LogP contribution in [0, 0.1) is 0 Å². The summed E-state index contributed by atoms with van der Waals surface area (Å²) in [5.41, 5.74) is 1.00. The molecule has 0 fully saturated rings. The van der Waals surface area contributed by atoms with Gasteiger partial charge in [-0.15, -0.1) is 0 Å². The van der Waals surface area contributed by atoms with E-state index < -0.39 is 0 Å². The molecule has 0 saturated carbocycles. The molecule has 0 radical (unpaired) electrons. The van der Waals surface area contributed by atoms with Gasteiger partial charge in [-0.1, -0.05) is 36.7 Å². The lowest BCUT2D eigenvalue weighted by Gasteiger charge is -2.02. The highest BCUT2D eigenvalue weighted by Crippen LogP contribution is 2.10. The minimum absolute atomic E-state index is 0.0724. The first-order valence-electron chi connectivity index (χ1n) is 4.91. The molecule has 0 aromatic heterocycles. The van der Waals surface area contributed by atoms with E-state index in [1.165, 1.54) is 0 Å². The van der Waals surface area contributed by atoms with Crippen LogP contribution in [0.15, 0.2) is 36.4 Å². The van der Waals surface area contributed by atoms with Gasteiger partial charge in [0.1, 0.15) is 0 Å². The summed E-state index contributed by atoms with van der Waals surface area (Å²) in [4.78, 5) is 11.2. The Morgan fingerprint density at radius 1 is 1.53 bits per heavy atom. The number of allylic oxidation sites excluding steroid dienone is 1. The number of rotatable bonds is 4. The zero-order valence-electron chi connectivity index (χ0n) is 8.66. The van der Waals surface area contributed by atoms with Crippen molar-refractivity contribution in [3.05, 3.63) is 47.0 Å². The van der Waals surface area contributed by atoms with Crippen LogP contribution in [0.25, 0.3) is 0 Å². The number of carbonyl (C=O) groups excluding carboxylic acids is 1. The zero-order chi connectivity index (χ0) is 11.1. The molecule has 3 heteroatoms. The fourth-order valence-electron chi connectivity index (χ4n) is 1.12. The second-order valence-corrected chi connectivity index (χ2v) is 3.59. The van der Waals surface area contributed by atoms with E-state index >= 15 is 0 Å². The summed E-state index contributed by atoms with van der Waals surface area (Å²) in [6, 6.07) is 7.44. The van der Waals surface area contributed by atoms with Gasteiger partial charge < -0.3 is 5.32 Å². The van der Waals surface area contributed by atoms with Crippen LogP contribution in [0.4, 0.5) is 0 Å². The van der Waals surface area contributed by atoms with Gasteiger partial charge in [0.05, 0.1) is 0 Å². The Hall–Kier alpha value is -1.28. The SMILES string of the molecule is CC/C=C/C(=O)NCc1cccc(Cl)c1. The van der Waals surface area contributed by atoms with Crippen LogP contribution in [0.2, 0.25) is 5.02 Å². The first-order valence-corrected chi connectivity index (χ1v) is 5.29. The molecule has 0 atom stereocenters. The van der Waals surface area contributed by atoms with Crippen LogP contribution in [0.1, 0.15) is 18.9 Å². The number of hydrogen-bond acceptors (Lipinski definition) is 1. The maximum Gasteiger partial charge on any atom is 0.243 e. The second kappa shape index (κ2) is 6.25. The molecule has 2 nitrogen and oxygen atoms in total. The number of hydrogen-bond donors (Lipinski definition) is 1. The molecule has 0 saturated heterocycles. The normalized spacial score (nSPS) is 10.5. The van der Waals surface area contributed by atoms with Crippen LogP contribution in [0.5, 0.6) is 0 Å². The van der Waals surface area contributed by atoms with Crippen LogP contribution in [-0.4, -0.2) is 5.91 Å². The van der Waals surface area contributed by atoms with Crippen LogP contribution >= 0.6 is 11.6 Å². The minimum atomic E-state index is -0.0724. The van der Waals surface area contributed by atoms with Crippen molar-refractivity contribution in [1.82, 2.24) is 5.32 Å². The highest BCUT2D eigenvalue weighted by Gasteiger charge is 1.96. The summed E-state index contributed by atoms with van der Waals surface area (Å²) < 4.78 is 0. The molecule has 0 aliphatic rings. The third-order valence-electron chi connectivity index (χ3n) is 1.86. The molecule has 1 N–H and O–H groups in total. The molecule has 1 amide bonds. The molecular formula is C12H14ClNO. The number of amides is 1. The standard InChI is InChI=1S/C12H14ClNO/c1-2-3-7-12(15)14-9-10-5-4-6-11(13)8-10/h3-8H,2,9H2,1H3,(H,14,15)/b7-3+. The van der Waals surface area contributed by atoms with E-state index in [0.29, 0.717) is 11.6 Å². The Bertz CT molecular complexity index is 360. The number of carbonyl (C=O) groups is 1. The average molecular weight is 224 g/mol. The number of benzene rings is 1. The summed E-state index contributed by atoms with van der Waals surface area (Å²) in [5.74, 6) is -0.0724. The monoisotopic (exact) mass is 223 g/mol. The van der Waals surface area contributed by atoms with Crippen molar-refractivity contribution in [1.29, 1.82) is 0 Å². The minimum Gasteiger partial charge on any atom is -0.348 e. The highest BCUT2D eigenvalue weighted by atomic mass is 35.5. The molecule has 0 spiro atoms. The van der Waals surface area contributed by atoms with Gasteiger partial charge in [0.2, 0.25) is 5.91 Å². The van der Waals surface area contributed by atoms with Crippen LogP contribution < -0.4 is 5.32 Å². The third-order valence-corrected chi connectivity index (χ3v) is 2.10. The molecule has 15 heavy (non-hydrogen) atoms. The van der Waals surface area contributed by atoms with Gasteiger partial charge in [0, 0.05) is 11.6 Å². The fourth-order valence-corrected chi connectivity index (χ4v) is 1.33. The maximum atomic E-state index is 11.2. The molecule has 0 aliphatic heterocycles. The second-order valence-electron chi connectivity index (χ2n) is 3.16. The molecule has 0 aliphatic carbocycles. The van der Waals surface area contributed by atoms with Gasteiger partial charge in [-0.2, -0.15) is 0 Å². The van der Waals surface area contributed by atoms with E-state index in [2.05, 4.69) is 5.32 Å². The first-order chi connectivity index (χ1) is 7.22. The summed E-state index contributed by atoms with van der Waals surface area (Å²) in [6.07, 6.45) is 4.24. The van der Waals surface area contributed by atoms with Crippen molar-refractivity contribution in [3.8, 4) is 0 Å². The molecule has 0 heterocycles. The van der Waals surface area contributed by atoms with Crippen LogP contribution in [-0.2, 0) is 11.3 Å². The van der Waals surface area contributed by atoms with E-state index in [1.54, 1.807) is 6.08 Å². The predicted octanol–water partition coefficient (Wildman–Crippen LogP) is 2.92. The Morgan fingerprint density at radius 2 is 2.33 bits per heavy atom. The number of halogens is 1. The van der Waals surface area contributed by atoms with Gasteiger partial charge in [-0.3, -0.25) is 4.79 Å². The van der Waals surface area contributed by atoms with Crippen molar-refractivity contribution >= 4 is 17.5 Å². The maximum absolute atomic E-state index is 11.2. The van der Waals surface area contributed by atoms with Gasteiger partial charge in [0.25, 0.3) is 0 Å². The topological polar surface area (TPSA) is 29.1 Å². The van der Waals surface area contributed by atoms with E-state index in [0.717, 1.165) is 12.0 Å². The summed E-state index contributed by atoms with van der Waals surface area (Å²) >= 11 is 5.82. The molecule has 1 aromatic carbocycles.